The summed E-state index contributed by atoms with van der Waals surface area (Å²) in [6, 6.07) is 2.11. The van der Waals surface area contributed by atoms with Gasteiger partial charge in [-0.05, 0) is 42.7 Å². The van der Waals surface area contributed by atoms with Crippen LogP contribution in [0.15, 0.2) is 18.2 Å². The monoisotopic (exact) mass is 379 g/mol. The van der Waals surface area contributed by atoms with Gasteiger partial charge in [0.2, 0.25) is 5.91 Å². The third-order valence-electron chi connectivity index (χ3n) is 5.13. The Balaban J connectivity index is 1.73. The first-order valence-corrected chi connectivity index (χ1v) is 8.90. The summed E-state index contributed by atoms with van der Waals surface area (Å²) < 4.78 is 26.6. The smallest absolute Gasteiger partial charge is 0.323 e. The highest BCUT2D eigenvalue weighted by atomic mass is 19.1. The van der Waals surface area contributed by atoms with Gasteiger partial charge in [-0.15, -0.1) is 0 Å². The zero-order chi connectivity index (χ0) is 20.0. The van der Waals surface area contributed by atoms with E-state index in [4.69, 9.17) is 0 Å². The number of carbonyl (C=O) groups excluding carboxylic acids is 3. The van der Waals surface area contributed by atoms with Crippen LogP contribution in [0.25, 0.3) is 0 Å². The van der Waals surface area contributed by atoms with E-state index in [-0.39, 0.29) is 17.0 Å². The third-order valence-corrected chi connectivity index (χ3v) is 5.13. The van der Waals surface area contributed by atoms with Gasteiger partial charge < -0.3 is 10.6 Å². The topological polar surface area (TPSA) is 78.5 Å². The minimum atomic E-state index is -1.00. The molecule has 27 heavy (non-hydrogen) atoms. The lowest BCUT2D eigenvalue weighted by molar-refractivity contribution is -0.136. The number of anilines is 1. The first-order valence-electron chi connectivity index (χ1n) is 8.90. The Kier molecular flexibility index (Phi) is 4.69. The zero-order valence-corrected chi connectivity index (χ0v) is 15.6. The van der Waals surface area contributed by atoms with Crippen molar-refractivity contribution >= 4 is 23.5 Å². The molecule has 4 amide bonds. The Morgan fingerprint density at radius 1 is 1.30 bits per heavy atom. The molecule has 0 bridgehead atoms. The summed E-state index contributed by atoms with van der Waals surface area (Å²) in [4.78, 5) is 38.4. The fourth-order valence-corrected chi connectivity index (χ4v) is 4.57. The van der Waals surface area contributed by atoms with Gasteiger partial charge in [-0.25, -0.2) is 13.6 Å². The van der Waals surface area contributed by atoms with Gasteiger partial charge in [0.05, 0.1) is 5.69 Å². The van der Waals surface area contributed by atoms with Crippen LogP contribution in [0.1, 0.15) is 40.0 Å². The number of nitrogens with one attached hydrogen (secondary N) is 2. The second kappa shape index (κ2) is 6.58. The average Bonchev–Trinajstić information content (AvgIpc) is 2.72. The number of nitrogens with zero attached hydrogens (tertiary/aromatic N) is 1. The van der Waals surface area contributed by atoms with Crippen molar-refractivity contribution in [2.45, 2.75) is 45.6 Å². The summed E-state index contributed by atoms with van der Waals surface area (Å²) in [6.07, 6.45) is 1.97. The summed E-state index contributed by atoms with van der Waals surface area (Å²) in [5.41, 5.74) is -1.33. The normalized spacial score (nSPS) is 27.0. The zero-order valence-electron chi connectivity index (χ0n) is 15.6. The SMILES string of the molecule is CC1CC(C)(C)CC2(C1)NC(=O)N(CC(=O)Nc1ccc(F)cc1F)C2=O. The number of amides is 4. The van der Waals surface area contributed by atoms with E-state index in [1.54, 1.807) is 0 Å². The molecule has 0 aromatic heterocycles. The lowest BCUT2D eigenvalue weighted by Crippen LogP contribution is -2.54. The largest absolute Gasteiger partial charge is 0.325 e. The van der Waals surface area contributed by atoms with Crippen LogP contribution < -0.4 is 10.6 Å². The second-order valence-electron chi connectivity index (χ2n) is 8.43. The lowest BCUT2D eigenvalue weighted by Gasteiger charge is -2.43. The first-order chi connectivity index (χ1) is 12.5. The molecule has 2 atom stereocenters. The van der Waals surface area contributed by atoms with Crippen molar-refractivity contribution in [2.75, 3.05) is 11.9 Å². The molecule has 2 aliphatic rings. The molecule has 6 nitrogen and oxygen atoms in total. The van der Waals surface area contributed by atoms with Gasteiger partial charge >= 0.3 is 6.03 Å². The lowest BCUT2D eigenvalue weighted by atomic mass is 9.64. The van der Waals surface area contributed by atoms with Crippen molar-refractivity contribution in [1.29, 1.82) is 0 Å². The number of hydrogen-bond donors (Lipinski definition) is 2. The molecule has 1 aliphatic heterocycles. The molecule has 1 aromatic carbocycles. The van der Waals surface area contributed by atoms with Gasteiger partial charge in [0.25, 0.3) is 5.91 Å². The van der Waals surface area contributed by atoms with Gasteiger partial charge in [-0.3, -0.25) is 14.5 Å². The minimum Gasteiger partial charge on any atom is -0.323 e. The van der Waals surface area contributed by atoms with E-state index in [1.807, 2.05) is 6.92 Å². The molecular weight excluding hydrogens is 356 g/mol. The van der Waals surface area contributed by atoms with E-state index < -0.39 is 41.6 Å². The molecule has 146 valence electrons. The first kappa shape index (κ1) is 19.3. The highest BCUT2D eigenvalue weighted by molar-refractivity contribution is 6.10. The average molecular weight is 379 g/mol. The molecule has 2 fully saturated rings. The molecule has 1 saturated heterocycles. The van der Waals surface area contributed by atoms with Crippen molar-refractivity contribution in [3.05, 3.63) is 29.8 Å². The minimum absolute atomic E-state index is 0.115. The standard InChI is InChI=1S/C19H23F2N3O3/c1-11-7-18(2,3)10-19(8-11)16(26)24(17(27)23-19)9-15(25)22-14-5-4-12(20)6-13(14)21/h4-6,11H,7-10H2,1-3H3,(H,22,25)(H,23,27). The third kappa shape index (κ3) is 3.79. The van der Waals surface area contributed by atoms with Crippen molar-refractivity contribution in [3.8, 4) is 0 Å². The summed E-state index contributed by atoms with van der Waals surface area (Å²) in [6.45, 7) is 5.61. The maximum atomic E-state index is 13.7. The van der Waals surface area contributed by atoms with Crippen LogP contribution in [-0.2, 0) is 9.59 Å². The van der Waals surface area contributed by atoms with Crippen LogP contribution in [0.5, 0.6) is 0 Å². The molecule has 0 radical (unpaired) electrons. The highest BCUT2D eigenvalue weighted by Gasteiger charge is 2.56. The van der Waals surface area contributed by atoms with E-state index in [0.717, 1.165) is 23.5 Å². The molecule has 2 unspecified atom stereocenters. The predicted octanol–water partition coefficient (Wildman–Crippen LogP) is 3.04. The Labute approximate surface area is 156 Å². The highest BCUT2D eigenvalue weighted by Crippen LogP contribution is 2.46. The van der Waals surface area contributed by atoms with E-state index in [1.165, 1.54) is 0 Å². The number of rotatable bonds is 3. The van der Waals surface area contributed by atoms with Crippen LogP contribution in [0.3, 0.4) is 0 Å². The molecular formula is C19H23F2N3O3. The predicted molar refractivity (Wildman–Crippen MR) is 94.8 cm³/mol. The number of imide groups is 1. The molecule has 1 saturated carbocycles. The molecule has 1 aromatic rings. The quantitative estimate of drug-likeness (QED) is 0.793. The van der Waals surface area contributed by atoms with Crippen molar-refractivity contribution < 1.29 is 23.2 Å². The molecule has 1 spiro atoms. The van der Waals surface area contributed by atoms with E-state index >= 15 is 0 Å². The Morgan fingerprint density at radius 3 is 2.63 bits per heavy atom. The molecule has 2 N–H and O–H groups in total. The Bertz CT molecular complexity index is 811. The molecule has 8 heteroatoms. The number of hydrogen-bond acceptors (Lipinski definition) is 3. The summed E-state index contributed by atoms with van der Waals surface area (Å²) in [5.74, 6) is -2.61. The fraction of sp³-hybridized carbons (Fsp3) is 0.526. The number of halogens is 2. The van der Waals surface area contributed by atoms with Crippen molar-refractivity contribution in [3.63, 3.8) is 0 Å². The van der Waals surface area contributed by atoms with Crippen LogP contribution in [-0.4, -0.2) is 34.8 Å². The van der Waals surface area contributed by atoms with E-state index in [2.05, 4.69) is 24.5 Å². The van der Waals surface area contributed by atoms with Crippen LogP contribution in [0, 0.1) is 23.0 Å². The molecule has 1 heterocycles. The second-order valence-corrected chi connectivity index (χ2v) is 8.43. The van der Waals surface area contributed by atoms with Gasteiger partial charge in [0.1, 0.15) is 23.7 Å². The summed E-state index contributed by atoms with van der Waals surface area (Å²) in [5, 5.41) is 5.04. The number of carbonyl (C=O) groups is 3. The molecule has 1 aliphatic carbocycles. The van der Waals surface area contributed by atoms with E-state index in [0.29, 0.717) is 18.9 Å². The summed E-state index contributed by atoms with van der Waals surface area (Å²) in [7, 11) is 0. The Hall–Kier alpha value is -2.51. The van der Waals surface area contributed by atoms with Crippen LogP contribution in [0.4, 0.5) is 19.3 Å². The van der Waals surface area contributed by atoms with Gasteiger partial charge in [-0.1, -0.05) is 20.8 Å². The number of benzene rings is 1. The number of urea groups is 1. The summed E-state index contributed by atoms with van der Waals surface area (Å²) >= 11 is 0. The van der Waals surface area contributed by atoms with Gasteiger partial charge in [0.15, 0.2) is 0 Å². The van der Waals surface area contributed by atoms with E-state index in [9.17, 15) is 23.2 Å². The van der Waals surface area contributed by atoms with Gasteiger partial charge in [-0.2, -0.15) is 0 Å². The Morgan fingerprint density at radius 2 is 2.00 bits per heavy atom. The fourth-order valence-electron chi connectivity index (χ4n) is 4.57. The van der Waals surface area contributed by atoms with Crippen molar-refractivity contribution in [2.24, 2.45) is 11.3 Å². The maximum Gasteiger partial charge on any atom is 0.325 e. The maximum absolute atomic E-state index is 13.7. The van der Waals surface area contributed by atoms with Crippen LogP contribution >= 0.6 is 0 Å². The molecule has 3 rings (SSSR count). The van der Waals surface area contributed by atoms with Crippen molar-refractivity contribution in [1.82, 2.24) is 10.2 Å². The van der Waals surface area contributed by atoms with Crippen LogP contribution in [0.2, 0.25) is 0 Å². The van der Waals surface area contributed by atoms with Gasteiger partial charge in [0, 0.05) is 6.07 Å².